The first-order valence-corrected chi connectivity index (χ1v) is 5.03. The van der Waals surface area contributed by atoms with Crippen molar-refractivity contribution in [2.75, 3.05) is 5.73 Å². The van der Waals surface area contributed by atoms with Crippen molar-refractivity contribution in [2.45, 2.75) is 6.92 Å². The maximum Gasteiger partial charge on any atom is 0.197 e. The molecule has 0 bridgehead atoms. The summed E-state index contributed by atoms with van der Waals surface area (Å²) >= 11 is 3.46. The molecule has 0 spiro atoms. The molecule has 0 aliphatic carbocycles. The summed E-state index contributed by atoms with van der Waals surface area (Å²) in [6.45, 7) is 2.05. The van der Waals surface area contributed by atoms with Crippen molar-refractivity contribution < 1.29 is 0 Å². The lowest BCUT2D eigenvalue weighted by Gasteiger charge is -2.01. The maximum atomic E-state index is 5.51. The van der Waals surface area contributed by atoms with Crippen LogP contribution < -0.4 is 5.73 Å². The van der Waals surface area contributed by atoms with Crippen molar-refractivity contribution in [3.63, 3.8) is 0 Å². The molecular formula is C10H10BrN3. The Bertz CT molecular complexity index is 462. The van der Waals surface area contributed by atoms with Gasteiger partial charge in [0.1, 0.15) is 0 Å². The SMILES string of the molecule is Cc1cc(-c2cnc(N)[nH]2)ccc1Br. The fraction of sp³-hybridized carbons (Fsp3) is 0.100. The van der Waals surface area contributed by atoms with Crippen molar-refractivity contribution in [1.82, 2.24) is 9.97 Å². The number of halogens is 1. The molecule has 0 fully saturated rings. The van der Waals surface area contributed by atoms with Gasteiger partial charge < -0.3 is 10.7 Å². The van der Waals surface area contributed by atoms with Crippen LogP contribution in [0.3, 0.4) is 0 Å². The Kier molecular flexibility index (Phi) is 2.29. The van der Waals surface area contributed by atoms with Crippen LogP contribution in [0.15, 0.2) is 28.9 Å². The first-order valence-electron chi connectivity index (χ1n) is 4.24. The van der Waals surface area contributed by atoms with Gasteiger partial charge in [-0.1, -0.05) is 22.0 Å². The fourth-order valence-corrected chi connectivity index (χ4v) is 1.54. The zero-order chi connectivity index (χ0) is 10.1. The molecule has 1 aromatic carbocycles. The van der Waals surface area contributed by atoms with E-state index in [2.05, 4.69) is 32.0 Å². The Morgan fingerprint density at radius 2 is 2.21 bits per heavy atom. The number of aromatic amines is 1. The third kappa shape index (κ3) is 1.65. The molecule has 0 aliphatic rings. The van der Waals surface area contributed by atoms with E-state index in [4.69, 9.17) is 5.73 Å². The fourth-order valence-electron chi connectivity index (χ4n) is 1.30. The van der Waals surface area contributed by atoms with Crippen molar-refractivity contribution in [3.05, 3.63) is 34.4 Å². The van der Waals surface area contributed by atoms with Crippen LogP contribution in [0.1, 0.15) is 5.56 Å². The summed E-state index contributed by atoms with van der Waals surface area (Å²) < 4.78 is 1.11. The zero-order valence-corrected chi connectivity index (χ0v) is 9.30. The van der Waals surface area contributed by atoms with E-state index in [1.807, 2.05) is 19.1 Å². The number of aromatic nitrogens is 2. The van der Waals surface area contributed by atoms with E-state index in [-0.39, 0.29) is 0 Å². The van der Waals surface area contributed by atoms with Gasteiger partial charge in [-0.2, -0.15) is 0 Å². The Morgan fingerprint density at radius 3 is 2.79 bits per heavy atom. The molecule has 72 valence electrons. The van der Waals surface area contributed by atoms with Gasteiger partial charge in [-0.15, -0.1) is 0 Å². The lowest BCUT2D eigenvalue weighted by atomic mass is 10.1. The first kappa shape index (κ1) is 9.27. The number of imidazole rings is 1. The monoisotopic (exact) mass is 251 g/mol. The summed E-state index contributed by atoms with van der Waals surface area (Å²) in [6, 6.07) is 6.11. The highest BCUT2D eigenvalue weighted by atomic mass is 79.9. The molecule has 0 radical (unpaired) electrons. The largest absolute Gasteiger partial charge is 0.369 e. The molecule has 2 aromatic rings. The van der Waals surface area contributed by atoms with Gasteiger partial charge in [-0.3, -0.25) is 0 Å². The molecule has 0 saturated carbocycles. The lowest BCUT2D eigenvalue weighted by molar-refractivity contribution is 1.32. The van der Waals surface area contributed by atoms with Crippen LogP contribution in [-0.4, -0.2) is 9.97 Å². The highest BCUT2D eigenvalue weighted by Crippen LogP contribution is 2.23. The van der Waals surface area contributed by atoms with Gasteiger partial charge in [0.2, 0.25) is 0 Å². The number of benzene rings is 1. The molecule has 3 nitrogen and oxygen atoms in total. The van der Waals surface area contributed by atoms with Crippen molar-refractivity contribution in [3.8, 4) is 11.3 Å². The molecule has 0 unspecified atom stereocenters. The van der Waals surface area contributed by atoms with E-state index in [9.17, 15) is 0 Å². The Labute approximate surface area is 90.5 Å². The summed E-state index contributed by atoms with van der Waals surface area (Å²) in [4.78, 5) is 6.95. The van der Waals surface area contributed by atoms with Gasteiger partial charge >= 0.3 is 0 Å². The van der Waals surface area contributed by atoms with E-state index in [1.165, 1.54) is 5.56 Å². The van der Waals surface area contributed by atoms with Gasteiger partial charge in [0.25, 0.3) is 0 Å². The number of nitrogens with two attached hydrogens (primary N) is 1. The number of nitrogen functional groups attached to an aromatic ring is 1. The number of aryl methyl sites for hydroxylation is 1. The van der Waals surface area contributed by atoms with Crippen molar-refractivity contribution in [2.24, 2.45) is 0 Å². The highest BCUT2D eigenvalue weighted by molar-refractivity contribution is 9.10. The van der Waals surface area contributed by atoms with Crippen LogP contribution in [-0.2, 0) is 0 Å². The van der Waals surface area contributed by atoms with Gasteiger partial charge in [-0.25, -0.2) is 4.98 Å². The summed E-state index contributed by atoms with van der Waals surface area (Å²) in [6.07, 6.45) is 1.73. The topological polar surface area (TPSA) is 54.7 Å². The van der Waals surface area contributed by atoms with Crippen LogP contribution >= 0.6 is 15.9 Å². The highest BCUT2D eigenvalue weighted by Gasteiger charge is 2.02. The van der Waals surface area contributed by atoms with Gasteiger partial charge in [0, 0.05) is 4.47 Å². The summed E-state index contributed by atoms with van der Waals surface area (Å²) in [5.41, 5.74) is 8.73. The third-order valence-corrected chi connectivity index (χ3v) is 2.95. The molecule has 0 aliphatic heterocycles. The molecule has 2 rings (SSSR count). The zero-order valence-electron chi connectivity index (χ0n) is 7.71. The van der Waals surface area contributed by atoms with E-state index < -0.39 is 0 Å². The number of nitrogens with one attached hydrogen (secondary N) is 1. The number of hydrogen-bond acceptors (Lipinski definition) is 2. The number of rotatable bonds is 1. The summed E-state index contributed by atoms with van der Waals surface area (Å²) in [5, 5.41) is 0. The molecule has 0 atom stereocenters. The third-order valence-electron chi connectivity index (χ3n) is 2.06. The van der Waals surface area contributed by atoms with E-state index >= 15 is 0 Å². The average molecular weight is 252 g/mol. The Hall–Kier alpha value is -1.29. The van der Waals surface area contributed by atoms with Gasteiger partial charge in [-0.05, 0) is 30.2 Å². The van der Waals surface area contributed by atoms with Crippen molar-refractivity contribution >= 4 is 21.9 Å². The van der Waals surface area contributed by atoms with Gasteiger partial charge in [0.05, 0.1) is 11.9 Å². The number of hydrogen-bond donors (Lipinski definition) is 2. The minimum atomic E-state index is 0.445. The molecule has 0 amide bonds. The minimum Gasteiger partial charge on any atom is -0.369 e. The van der Waals surface area contributed by atoms with Crippen LogP contribution in [0.5, 0.6) is 0 Å². The van der Waals surface area contributed by atoms with E-state index in [0.717, 1.165) is 15.7 Å². The number of H-pyrrole nitrogens is 1. The maximum absolute atomic E-state index is 5.51. The predicted octanol–water partition coefficient (Wildman–Crippen LogP) is 2.73. The van der Waals surface area contributed by atoms with Crippen LogP contribution in [0.25, 0.3) is 11.3 Å². The molecule has 4 heteroatoms. The lowest BCUT2D eigenvalue weighted by Crippen LogP contribution is -1.86. The van der Waals surface area contributed by atoms with Crippen LogP contribution in [0.4, 0.5) is 5.95 Å². The summed E-state index contributed by atoms with van der Waals surface area (Å²) in [5.74, 6) is 0.445. The quantitative estimate of drug-likeness (QED) is 0.819. The molecule has 3 N–H and O–H groups in total. The van der Waals surface area contributed by atoms with Crippen LogP contribution in [0.2, 0.25) is 0 Å². The van der Waals surface area contributed by atoms with E-state index in [1.54, 1.807) is 6.20 Å². The van der Waals surface area contributed by atoms with Gasteiger partial charge in [0.15, 0.2) is 5.95 Å². The smallest absolute Gasteiger partial charge is 0.197 e. The Balaban J connectivity index is 2.47. The molecule has 0 saturated heterocycles. The summed E-state index contributed by atoms with van der Waals surface area (Å²) in [7, 11) is 0. The van der Waals surface area contributed by atoms with Crippen molar-refractivity contribution in [1.29, 1.82) is 0 Å². The predicted molar refractivity (Wildman–Crippen MR) is 60.9 cm³/mol. The second-order valence-electron chi connectivity index (χ2n) is 3.15. The Morgan fingerprint density at radius 1 is 1.43 bits per heavy atom. The second-order valence-corrected chi connectivity index (χ2v) is 4.00. The molecular weight excluding hydrogens is 242 g/mol. The molecule has 14 heavy (non-hydrogen) atoms. The average Bonchev–Trinajstić information content (AvgIpc) is 2.57. The minimum absolute atomic E-state index is 0.445. The number of nitrogens with zero attached hydrogens (tertiary/aromatic N) is 1. The standard InChI is InChI=1S/C10H10BrN3/c1-6-4-7(2-3-8(6)11)9-5-13-10(12)14-9/h2-5H,1H3,(H3,12,13,14). The molecule has 1 aromatic heterocycles. The first-order chi connectivity index (χ1) is 6.66. The molecule has 1 heterocycles. The second kappa shape index (κ2) is 3.46. The normalized spacial score (nSPS) is 10.4. The number of anilines is 1. The van der Waals surface area contributed by atoms with E-state index in [0.29, 0.717) is 5.95 Å². The van der Waals surface area contributed by atoms with Crippen LogP contribution in [0, 0.1) is 6.92 Å².